The Hall–Kier alpha value is -0.830. The Bertz CT molecular complexity index is 88.9. The lowest BCUT2D eigenvalue weighted by Gasteiger charge is -1.90. The topological polar surface area (TPSA) is 46.5 Å². The van der Waals surface area contributed by atoms with Crippen molar-refractivity contribution in [3.05, 3.63) is 12.7 Å². The summed E-state index contributed by atoms with van der Waals surface area (Å²) in [4.78, 5) is 10.1. The van der Waals surface area contributed by atoms with Crippen molar-refractivity contribution in [1.82, 2.24) is 0 Å². The minimum Gasteiger partial charge on any atom is -0.463 e. The van der Waals surface area contributed by atoms with Crippen molar-refractivity contribution in [3.8, 4) is 0 Å². The first-order valence-corrected chi connectivity index (χ1v) is 3.12. The van der Waals surface area contributed by atoms with Crippen LogP contribution in [0.5, 0.6) is 0 Å². The third-order valence-electron chi connectivity index (χ3n) is 0.453. The van der Waals surface area contributed by atoms with Gasteiger partial charge in [-0.15, -0.1) is 0 Å². The number of carbonyl (C=O) groups is 1. The number of esters is 1. The zero-order valence-electron chi connectivity index (χ0n) is 6.46. The Labute approximate surface area is 61.3 Å². The first-order valence-electron chi connectivity index (χ1n) is 3.12. The van der Waals surface area contributed by atoms with Gasteiger partial charge < -0.3 is 9.84 Å². The summed E-state index contributed by atoms with van der Waals surface area (Å²) < 4.78 is 4.43. The van der Waals surface area contributed by atoms with Crippen LogP contribution in [-0.2, 0) is 9.53 Å². The van der Waals surface area contributed by atoms with Crippen molar-refractivity contribution in [3.63, 3.8) is 0 Å². The van der Waals surface area contributed by atoms with E-state index >= 15 is 0 Å². The number of hydrogen-bond donors (Lipinski definition) is 1. The van der Waals surface area contributed by atoms with E-state index in [1.54, 1.807) is 13.8 Å². The van der Waals surface area contributed by atoms with E-state index < -0.39 is 0 Å². The van der Waals surface area contributed by atoms with Crippen molar-refractivity contribution < 1.29 is 14.6 Å². The van der Waals surface area contributed by atoms with Crippen LogP contribution in [0.1, 0.15) is 13.8 Å². The third kappa shape index (κ3) is 15.7. The fraction of sp³-hybridized carbons (Fsp3) is 0.571. The summed E-state index contributed by atoms with van der Waals surface area (Å²) in [5.74, 6) is -0.359. The summed E-state index contributed by atoms with van der Waals surface area (Å²) >= 11 is 0. The summed E-state index contributed by atoms with van der Waals surface area (Å²) in [6.45, 7) is 7.31. The van der Waals surface area contributed by atoms with Crippen LogP contribution in [0, 0.1) is 0 Å². The Morgan fingerprint density at radius 1 is 1.70 bits per heavy atom. The van der Waals surface area contributed by atoms with Gasteiger partial charge in [-0.05, 0) is 13.8 Å². The molecule has 0 aromatic rings. The molecule has 0 amide bonds. The molecule has 3 nitrogen and oxygen atoms in total. The molecule has 0 bridgehead atoms. The van der Waals surface area contributed by atoms with E-state index in [1.165, 1.54) is 0 Å². The number of rotatable bonds is 2. The maximum atomic E-state index is 10.1. The van der Waals surface area contributed by atoms with E-state index in [2.05, 4.69) is 11.3 Å². The number of ether oxygens (including phenoxy) is 1. The van der Waals surface area contributed by atoms with Crippen LogP contribution >= 0.6 is 0 Å². The summed E-state index contributed by atoms with van der Waals surface area (Å²) in [5.41, 5.74) is 0. The molecule has 0 aliphatic rings. The molecule has 0 heterocycles. The Morgan fingerprint density at radius 2 is 2.10 bits per heavy atom. The largest absolute Gasteiger partial charge is 0.463 e. The highest BCUT2D eigenvalue weighted by atomic mass is 16.5. The predicted octanol–water partition coefficient (Wildman–Crippen LogP) is 0.734. The molecule has 0 aromatic carbocycles. The number of aliphatic hydroxyl groups is 1. The number of aliphatic hydroxyl groups excluding tert-OH is 1. The molecule has 0 spiro atoms. The number of carbonyl (C=O) groups excluding carboxylic acids is 1. The molecule has 0 aliphatic heterocycles. The van der Waals surface area contributed by atoms with Gasteiger partial charge in [0.05, 0.1) is 6.61 Å². The lowest BCUT2D eigenvalue weighted by atomic mass is 10.6. The Balaban J connectivity index is 0. The minimum absolute atomic E-state index is 0.250. The van der Waals surface area contributed by atoms with E-state index in [4.69, 9.17) is 5.11 Å². The summed E-state index contributed by atoms with van der Waals surface area (Å²) in [6.07, 6.45) is 1.14. The quantitative estimate of drug-likeness (QED) is 0.461. The average Bonchev–Trinajstić information content (AvgIpc) is 1.90. The standard InChI is InChI=1S/C5H8O2.C2H6O/c1-3-5(6)7-4-2;1-2-3/h3H,1,4H2,2H3;3H,2H2,1H3. The lowest BCUT2D eigenvalue weighted by Crippen LogP contribution is -1.97. The van der Waals surface area contributed by atoms with E-state index in [1.807, 2.05) is 0 Å². The van der Waals surface area contributed by atoms with Crippen LogP contribution in [0.4, 0.5) is 0 Å². The first kappa shape index (κ1) is 11.9. The second kappa shape index (κ2) is 11.0. The van der Waals surface area contributed by atoms with Crippen LogP contribution < -0.4 is 0 Å². The van der Waals surface area contributed by atoms with Crippen LogP contribution in [0.25, 0.3) is 0 Å². The highest BCUT2D eigenvalue weighted by Gasteiger charge is 1.86. The molecule has 0 aliphatic carbocycles. The predicted molar refractivity (Wildman–Crippen MR) is 39.6 cm³/mol. The van der Waals surface area contributed by atoms with E-state index in [0.717, 1.165) is 6.08 Å². The van der Waals surface area contributed by atoms with Gasteiger partial charge in [0.25, 0.3) is 0 Å². The van der Waals surface area contributed by atoms with Gasteiger partial charge in [0.15, 0.2) is 0 Å². The van der Waals surface area contributed by atoms with E-state index in [0.29, 0.717) is 6.61 Å². The van der Waals surface area contributed by atoms with Crippen LogP contribution in [-0.4, -0.2) is 24.3 Å². The lowest BCUT2D eigenvalue weighted by molar-refractivity contribution is -0.137. The molecule has 0 rings (SSSR count). The number of hydrogen-bond acceptors (Lipinski definition) is 3. The molecule has 60 valence electrons. The molecular formula is C7H14O3. The van der Waals surface area contributed by atoms with E-state index in [9.17, 15) is 4.79 Å². The monoisotopic (exact) mass is 146 g/mol. The summed E-state index contributed by atoms with van der Waals surface area (Å²) in [7, 11) is 0. The van der Waals surface area contributed by atoms with Gasteiger partial charge in [0, 0.05) is 12.7 Å². The second-order valence-corrected chi connectivity index (χ2v) is 1.27. The zero-order chi connectivity index (χ0) is 8.41. The highest BCUT2D eigenvalue weighted by molar-refractivity contribution is 5.81. The van der Waals surface area contributed by atoms with Gasteiger partial charge in [-0.25, -0.2) is 4.79 Å². The van der Waals surface area contributed by atoms with E-state index in [-0.39, 0.29) is 12.6 Å². The molecule has 0 aromatic heterocycles. The molecule has 0 saturated heterocycles. The molecule has 0 atom stereocenters. The molecule has 0 unspecified atom stereocenters. The van der Waals surface area contributed by atoms with Gasteiger partial charge in [-0.1, -0.05) is 6.58 Å². The van der Waals surface area contributed by atoms with Crippen LogP contribution in [0.3, 0.4) is 0 Å². The molecule has 0 fully saturated rings. The minimum atomic E-state index is -0.359. The van der Waals surface area contributed by atoms with Gasteiger partial charge in [0.2, 0.25) is 0 Å². The van der Waals surface area contributed by atoms with Gasteiger partial charge in [0.1, 0.15) is 0 Å². The zero-order valence-corrected chi connectivity index (χ0v) is 6.46. The van der Waals surface area contributed by atoms with Crippen molar-refractivity contribution >= 4 is 5.97 Å². The first-order chi connectivity index (χ1) is 4.72. The highest BCUT2D eigenvalue weighted by Crippen LogP contribution is 1.74. The Morgan fingerprint density at radius 3 is 2.20 bits per heavy atom. The molecule has 0 saturated carbocycles. The van der Waals surface area contributed by atoms with Gasteiger partial charge in [-0.3, -0.25) is 0 Å². The SMILES string of the molecule is C=CC(=O)OCC.CCO. The summed E-state index contributed by atoms with van der Waals surface area (Å²) in [6, 6.07) is 0. The maximum Gasteiger partial charge on any atom is 0.330 e. The van der Waals surface area contributed by atoms with Crippen molar-refractivity contribution in [2.45, 2.75) is 13.8 Å². The molecule has 0 radical (unpaired) electrons. The fourth-order valence-corrected chi connectivity index (χ4v) is 0.201. The average molecular weight is 146 g/mol. The smallest absolute Gasteiger partial charge is 0.330 e. The maximum absolute atomic E-state index is 10.1. The fourth-order valence-electron chi connectivity index (χ4n) is 0.201. The third-order valence-corrected chi connectivity index (χ3v) is 0.453. The van der Waals surface area contributed by atoms with Crippen LogP contribution in [0.15, 0.2) is 12.7 Å². The van der Waals surface area contributed by atoms with Crippen LogP contribution in [0.2, 0.25) is 0 Å². The van der Waals surface area contributed by atoms with Crippen molar-refractivity contribution in [1.29, 1.82) is 0 Å². The molecule has 10 heavy (non-hydrogen) atoms. The molecule has 3 heteroatoms. The van der Waals surface area contributed by atoms with Gasteiger partial charge >= 0.3 is 5.97 Å². The summed E-state index contributed by atoms with van der Waals surface area (Å²) in [5, 5.41) is 7.57. The molecule has 1 N–H and O–H groups in total. The Kier molecular flexibility index (Phi) is 13.1. The normalized spacial score (nSPS) is 7.10. The van der Waals surface area contributed by atoms with Crippen molar-refractivity contribution in [2.75, 3.05) is 13.2 Å². The van der Waals surface area contributed by atoms with Gasteiger partial charge in [-0.2, -0.15) is 0 Å². The van der Waals surface area contributed by atoms with Crippen molar-refractivity contribution in [2.24, 2.45) is 0 Å². The second-order valence-electron chi connectivity index (χ2n) is 1.27. The molecular weight excluding hydrogens is 132 g/mol.